The maximum Gasteiger partial charge on any atom is 0.408 e. The maximum atomic E-state index is 11.9. The molecule has 1 unspecified atom stereocenters. The van der Waals surface area contributed by atoms with E-state index < -0.39 is 23.7 Å². The molecule has 0 radical (unpaired) electrons. The summed E-state index contributed by atoms with van der Waals surface area (Å²) in [7, 11) is 0. The zero-order chi connectivity index (χ0) is 25.7. The SMILES string of the molecule is CCCCCCCCCCCCCCCC(=O)NCCCCC(NC(=O)OC(C)(C)C)C(=O)O. The van der Waals surface area contributed by atoms with Gasteiger partial charge in [-0.05, 0) is 46.5 Å². The number of carbonyl (C=O) groups excluding carboxylic acids is 2. The largest absolute Gasteiger partial charge is 0.480 e. The number of hydrogen-bond donors (Lipinski definition) is 3. The summed E-state index contributed by atoms with van der Waals surface area (Å²) < 4.78 is 5.11. The van der Waals surface area contributed by atoms with E-state index in [1.165, 1.54) is 70.6 Å². The number of hydrogen-bond acceptors (Lipinski definition) is 4. The van der Waals surface area contributed by atoms with Crippen molar-refractivity contribution in [2.45, 2.75) is 148 Å². The molecule has 1 atom stereocenters. The molecule has 2 amide bonds. The second kappa shape index (κ2) is 20.6. The number of carboxylic acid groups (broad SMARTS) is 1. The molecule has 0 rings (SSSR count). The highest BCUT2D eigenvalue weighted by Crippen LogP contribution is 2.13. The number of unbranched alkanes of at least 4 members (excludes halogenated alkanes) is 13. The van der Waals surface area contributed by atoms with Gasteiger partial charge in [0, 0.05) is 13.0 Å². The van der Waals surface area contributed by atoms with Gasteiger partial charge in [-0.1, -0.05) is 84.0 Å². The number of ether oxygens (including phenoxy) is 1. The van der Waals surface area contributed by atoms with Crippen molar-refractivity contribution in [1.82, 2.24) is 10.6 Å². The fourth-order valence-corrected chi connectivity index (χ4v) is 3.80. The molecule has 0 saturated heterocycles. The van der Waals surface area contributed by atoms with E-state index in [1.807, 2.05) is 0 Å². The number of amides is 2. The van der Waals surface area contributed by atoms with Crippen LogP contribution in [-0.4, -0.2) is 41.3 Å². The van der Waals surface area contributed by atoms with Crippen LogP contribution < -0.4 is 10.6 Å². The second-order valence-corrected chi connectivity index (χ2v) is 10.4. The molecule has 0 aliphatic heterocycles. The molecule has 200 valence electrons. The quantitative estimate of drug-likeness (QED) is 0.157. The van der Waals surface area contributed by atoms with E-state index in [4.69, 9.17) is 4.74 Å². The molecule has 0 fully saturated rings. The summed E-state index contributed by atoms with van der Waals surface area (Å²) in [6, 6.07) is -0.989. The Morgan fingerprint density at radius 2 is 1.26 bits per heavy atom. The molecule has 0 aliphatic carbocycles. The minimum atomic E-state index is -1.09. The van der Waals surface area contributed by atoms with Gasteiger partial charge in [0.05, 0.1) is 0 Å². The Morgan fingerprint density at radius 3 is 1.74 bits per heavy atom. The molecule has 0 heterocycles. The van der Waals surface area contributed by atoms with Crippen LogP contribution in [0.4, 0.5) is 4.79 Å². The minimum Gasteiger partial charge on any atom is -0.480 e. The third-order valence-corrected chi connectivity index (χ3v) is 5.74. The Balaban J connectivity index is 3.61. The van der Waals surface area contributed by atoms with Crippen LogP contribution in [-0.2, 0) is 14.3 Å². The van der Waals surface area contributed by atoms with Crippen LogP contribution in [0, 0.1) is 0 Å². The molecule has 0 aromatic carbocycles. The maximum absolute atomic E-state index is 11.9. The van der Waals surface area contributed by atoms with Crippen LogP contribution >= 0.6 is 0 Å². The van der Waals surface area contributed by atoms with Gasteiger partial charge in [0.1, 0.15) is 11.6 Å². The molecule has 3 N–H and O–H groups in total. The second-order valence-electron chi connectivity index (χ2n) is 10.4. The lowest BCUT2D eigenvalue weighted by Gasteiger charge is -2.22. The third-order valence-electron chi connectivity index (χ3n) is 5.74. The fourth-order valence-electron chi connectivity index (χ4n) is 3.80. The number of aliphatic carboxylic acids is 1. The molecule has 0 bridgehead atoms. The van der Waals surface area contributed by atoms with Gasteiger partial charge in [0.15, 0.2) is 0 Å². The topological polar surface area (TPSA) is 105 Å². The molecular formula is C27H52N2O5. The summed E-state index contributed by atoms with van der Waals surface area (Å²) in [5, 5.41) is 14.6. The van der Waals surface area contributed by atoms with Gasteiger partial charge in [-0.3, -0.25) is 4.79 Å². The number of rotatable bonds is 21. The van der Waals surface area contributed by atoms with Crippen LogP contribution in [0.25, 0.3) is 0 Å². The van der Waals surface area contributed by atoms with Crippen molar-refractivity contribution in [2.75, 3.05) is 6.54 Å². The summed E-state index contributed by atoms with van der Waals surface area (Å²) in [5.41, 5.74) is -0.676. The first-order chi connectivity index (χ1) is 16.2. The van der Waals surface area contributed by atoms with E-state index >= 15 is 0 Å². The highest BCUT2D eigenvalue weighted by molar-refractivity contribution is 5.80. The Kier molecular flexibility index (Phi) is 19.5. The lowest BCUT2D eigenvalue weighted by molar-refractivity contribution is -0.139. The van der Waals surface area contributed by atoms with Crippen molar-refractivity contribution in [3.63, 3.8) is 0 Å². The average molecular weight is 485 g/mol. The van der Waals surface area contributed by atoms with E-state index in [1.54, 1.807) is 20.8 Å². The molecular weight excluding hydrogens is 432 g/mol. The molecule has 0 aromatic heterocycles. The number of carboxylic acids is 1. The zero-order valence-electron chi connectivity index (χ0n) is 22.4. The first kappa shape index (κ1) is 32.2. The van der Waals surface area contributed by atoms with Gasteiger partial charge in [0.25, 0.3) is 0 Å². The lowest BCUT2D eigenvalue weighted by atomic mass is 10.0. The molecule has 7 heteroatoms. The number of alkyl carbamates (subject to hydrolysis) is 1. The van der Waals surface area contributed by atoms with E-state index in [9.17, 15) is 19.5 Å². The molecule has 0 aliphatic rings. The van der Waals surface area contributed by atoms with Crippen molar-refractivity contribution in [1.29, 1.82) is 0 Å². The van der Waals surface area contributed by atoms with Crippen LogP contribution in [0.5, 0.6) is 0 Å². The lowest BCUT2D eigenvalue weighted by Crippen LogP contribution is -2.43. The molecule has 7 nitrogen and oxygen atoms in total. The predicted octanol–water partition coefficient (Wildman–Crippen LogP) is 6.73. The zero-order valence-corrected chi connectivity index (χ0v) is 22.4. The molecule has 0 saturated carbocycles. The van der Waals surface area contributed by atoms with Gasteiger partial charge >= 0.3 is 12.1 Å². The Bertz CT molecular complexity index is 546. The standard InChI is InChI=1S/C27H52N2O5/c1-5-6-7-8-9-10-11-12-13-14-15-16-17-21-24(30)28-22-19-18-20-23(25(31)32)29-26(33)34-27(2,3)4/h23H,5-22H2,1-4H3,(H,28,30)(H,29,33)(H,31,32). The first-order valence-corrected chi connectivity index (χ1v) is 13.6. The Labute approximate surface area is 208 Å². The van der Waals surface area contributed by atoms with Gasteiger partial charge in [-0.25, -0.2) is 9.59 Å². The highest BCUT2D eigenvalue weighted by Gasteiger charge is 2.23. The molecule has 34 heavy (non-hydrogen) atoms. The number of nitrogens with one attached hydrogen (secondary N) is 2. The fraction of sp³-hybridized carbons (Fsp3) is 0.889. The van der Waals surface area contributed by atoms with E-state index in [2.05, 4.69) is 17.6 Å². The Morgan fingerprint density at radius 1 is 0.765 bits per heavy atom. The third kappa shape index (κ3) is 22.0. The highest BCUT2D eigenvalue weighted by atomic mass is 16.6. The van der Waals surface area contributed by atoms with Gasteiger partial charge < -0.3 is 20.5 Å². The van der Waals surface area contributed by atoms with Crippen molar-refractivity contribution in [2.24, 2.45) is 0 Å². The summed E-state index contributed by atoms with van der Waals surface area (Å²) in [6.45, 7) is 7.95. The normalized spacial score (nSPS) is 12.2. The van der Waals surface area contributed by atoms with Gasteiger partial charge in [0.2, 0.25) is 5.91 Å². The monoisotopic (exact) mass is 484 g/mol. The van der Waals surface area contributed by atoms with Crippen molar-refractivity contribution >= 4 is 18.0 Å². The van der Waals surface area contributed by atoms with Crippen LogP contribution in [0.3, 0.4) is 0 Å². The first-order valence-electron chi connectivity index (χ1n) is 13.6. The summed E-state index contributed by atoms with van der Waals surface area (Å²) in [5.74, 6) is -1.03. The minimum absolute atomic E-state index is 0.0599. The van der Waals surface area contributed by atoms with Crippen molar-refractivity contribution in [3.8, 4) is 0 Å². The molecule has 0 spiro atoms. The van der Waals surface area contributed by atoms with Crippen LogP contribution in [0.15, 0.2) is 0 Å². The Hall–Kier alpha value is -1.79. The molecule has 0 aromatic rings. The van der Waals surface area contributed by atoms with Crippen LogP contribution in [0.1, 0.15) is 137 Å². The van der Waals surface area contributed by atoms with E-state index in [0.29, 0.717) is 32.2 Å². The summed E-state index contributed by atoms with van der Waals surface area (Å²) in [4.78, 5) is 35.0. The van der Waals surface area contributed by atoms with Crippen molar-refractivity contribution < 1.29 is 24.2 Å². The number of carbonyl (C=O) groups is 3. The van der Waals surface area contributed by atoms with Gasteiger partial charge in [-0.15, -0.1) is 0 Å². The van der Waals surface area contributed by atoms with Gasteiger partial charge in [-0.2, -0.15) is 0 Å². The smallest absolute Gasteiger partial charge is 0.408 e. The summed E-state index contributed by atoms with van der Waals surface area (Å²) >= 11 is 0. The predicted molar refractivity (Wildman–Crippen MR) is 138 cm³/mol. The van der Waals surface area contributed by atoms with Crippen molar-refractivity contribution in [3.05, 3.63) is 0 Å². The summed E-state index contributed by atoms with van der Waals surface area (Å²) in [6.07, 6.45) is 18.1. The van der Waals surface area contributed by atoms with E-state index in [0.717, 1.165) is 12.8 Å². The average Bonchev–Trinajstić information content (AvgIpc) is 2.74. The van der Waals surface area contributed by atoms with Crippen LogP contribution in [0.2, 0.25) is 0 Å². The van der Waals surface area contributed by atoms with E-state index in [-0.39, 0.29) is 5.91 Å².